The van der Waals surface area contributed by atoms with Crippen LogP contribution in [0.2, 0.25) is 0 Å². The Kier molecular flexibility index (Phi) is 31.3. The first-order chi connectivity index (χ1) is 23.0. The fourth-order valence-corrected chi connectivity index (χ4v) is 6.21. The summed E-state index contributed by atoms with van der Waals surface area (Å²) >= 11 is 0. The third kappa shape index (κ3) is 34.9. The highest BCUT2D eigenvalue weighted by Crippen LogP contribution is 2.38. The Morgan fingerprint density at radius 2 is 0.938 bits per heavy atom. The molecular weight excluding hydrogens is 629 g/mol. The number of rotatable bonds is 36. The second-order valence-corrected chi connectivity index (χ2v) is 16.1. The van der Waals surface area contributed by atoms with Gasteiger partial charge in [-0.25, -0.2) is 0 Å². The zero-order valence-electron chi connectivity index (χ0n) is 32.0. The molecule has 9 nitrogen and oxygen atoms in total. The lowest BCUT2D eigenvalue weighted by Crippen LogP contribution is -2.37. The number of hydrogen-bond acceptors (Lipinski definition) is 8. The van der Waals surface area contributed by atoms with E-state index in [1.165, 1.54) is 116 Å². The molecule has 0 N–H and O–H groups in total. The van der Waals surface area contributed by atoms with Gasteiger partial charge in [0.1, 0.15) is 19.8 Å². The van der Waals surface area contributed by atoms with E-state index >= 15 is 0 Å². The Labute approximate surface area is 295 Å². The summed E-state index contributed by atoms with van der Waals surface area (Å²) in [5, 5.41) is 0. The van der Waals surface area contributed by atoms with Gasteiger partial charge in [-0.15, -0.1) is 0 Å². The van der Waals surface area contributed by atoms with E-state index in [9.17, 15) is 19.0 Å². The first kappa shape index (κ1) is 47.0. The molecule has 0 bridgehead atoms. The molecule has 0 aliphatic heterocycles. The summed E-state index contributed by atoms with van der Waals surface area (Å²) in [5.41, 5.74) is 0. The van der Waals surface area contributed by atoms with Crippen molar-refractivity contribution in [3.05, 3.63) is 0 Å². The lowest BCUT2D eigenvalue weighted by molar-refractivity contribution is -0.870. The van der Waals surface area contributed by atoms with Crippen LogP contribution in [0.3, 0.4) is 0 Å². The van der Waals surface area contributed by atoms with Gasteiger partial charge < -0.3 is 27.9 Å². The quantitative estimate of drug-likeness (QED) is 0.0274. The maximum Gasteiger partial charge on any atom is 0.306 e. The smallest absolute Gasteiger partial charge is 0.306 e. The van der Waals surface area contributed by atoms with Crippen molar-refractivity contribution >= 4 is 19.8 Å². The first-order valence-corrected chi connectivity index (χ1v) is 21.2. The Balaban J connectivity index is 4.40. The van der Waals surface area contributed by atoms with E-state index in [1.807, 2.05) is 21.1 Å². The Hall–Kier alpha value is -0.990. The molecule has 0 heterocycles. The molecular formula is C38H76NO8P. The molecule has 0 radical (unpaired) electrons. The number of esters is 2. The fraction of sp³-hybridized carbons (Fsp3) is 0.947. The summed E-state index contributed by atoms with van der Waals surface area (Å²) in [4.78, 5) is 37.3. The zero-order chi connectivity index (χ0) is 35.8. The molecule has 0 aromatic carbocycles. The predicted molar refractivity (Wildman–Crippen MR) is 195 cm³/mol. The molecule has 2 atom stereocenters. The highest BCUT2D eigenvalue weighted by Gasteiger charge is 2.21. The van der Waals surface area contributed by atoms with Crippen molar-refractivity contribution in [2.45, 2.75) is 187 Å². The van der Waals surface area contributed by atoms with Crippen molar-refractivity contribution in [1.82, 2.24) is 0 Å². The van der Waals surface area contributed by atoms with Crippen LogP contribution in [0.5, 0.6) is 0 Å². The number of carbonyl (C=O) groups is 2. The molecule has 0 spiro atoms. The second-order valence-electron chi connectivity index (χ2n) is 14.7. The van der Waals surface area contributed by atoms with Crippen molar-refractivity contribution in [3.8, 4) is 0 Å². The number of hydrogen-bond donors (Lipinski definition) is 0. The standard InChI is InChI=1S/C38H76NO8P/c1-6-8-10-12-14-16-18-19-21-23-25-27-29-31-38(41)47-36(35-46-48(42,43)45-33-32-39(3,4)5)34-44-37(40)30-28-26-24-22-20-17-15-13-11-9-7-2/h36H,6-35H2,1-5H3/t36-/m0/s1. The monoisotopic (exact) mass is 706 g/mol. The van der Waals surface area contributed by atoms with Crippen molar-refractivity contribution in [3.63, 3.8) is 0 Å². The van der Waals surface area contributed by atoms with Crippen LogP contribution in [0.15, 0.2) is 0 Å². The van der Waals surface area contributed by atoms with Crippen LogP contribution < -0.4 is 4.89 Å². The number of carbonyl (C=O) groups excluding carboxylic acids is 2. The highest BCUT2D eigenvalue weighted by atomic mass is 31.2. The number of phosphoric acid groups is 1. The van der Waals surface area contributed by atoms with Gasteiger partial charge in [-0.1, -0.05) is 155 Å². The average molecular weight is 706 g/mol. The van der Waals surface area contributed by atoms with Gasteiger partial charge in [0.2, 0.25) is 0 Å². The lowest BCUT2D eigenvalue weighted by atomic mass is 10.0. The van der Waals surface area contributed by atoms with Gasteiger partial charge >= 0.3 is 11.9 Å². The number of nitrogens with zero attached hydrogens (tertiary/aromatic N) is 1. The van der Waals surface area contributed by atoms with Gasteiger partial charge in [0.05, 0.1) is 27.7 Å². The molecule has 0 aliphatic rings. The minimum Gasteiger partial charge on any atom is -0.756 e. The molecule has 0 rings (SSSR count). The summed E-state index contributed by atoms with van der Waals surface area (Å²) in [6.45, 7) is 4.22. The largest absolute Gasteiger partial charge is 0.756 e. The van der Waals surface area contributed by atoms with E-state index in [0.29, 0.717) is 17.4 Å². The van der Waals surface area contributed by atoms with E-state index < -0.39 is 26.5 Å². The normalized spacial score (nSPS) is 13.7. The minimum atomic E-state index is -4.61. The van der Waals surface area contributed by atoms with Crippen LogP contribution >= 0.6 is 7.82 Å². The summed E-state index contributed by atoms with van der Waals surface area (Å²) in [7, 11) is 1.18. The van der Waals surface area contributed by atoms with E-state index in [-0.39, 0.29) is 32.0 Å². The molecule has 286 valence electrons. The Morgan fingerprint density at radius 3 is 1.33 bits per heavy atom. The predicted octanol–water partition coefficient (Wildman–Crippen LogP) is 9.83. The van der Waals surface area contributed by atoms with Gasteiger partial charge in [0, 0.05) is 12.8 Å². The maximum atomic E-state index is 12.6. The average Bonchev–Trinajstić information content (AvgIpc) is 3.02. The van der Waals surface area contributed by atoms with Crippen LogP contribution in [0, 0.1) is 0 Å². The van der Waals surface area contributed by atoms with Crippen molar-refractivity contribution < 1.29 is 42.1 Å². The van der Waals surface area contributed by atoms with Crippen LogP contribution in [0.1, 0.15) is 181 Å². The molecule has 0 fully saturated rings. The summed E-state index contributed by atoms with van der Waals surface area (Å²) in [6, 6.07) is 0. The molecule has 0 saturated heterocycles. The maximum absolute atomic E-state index is 12.6. The van der Waals surface area contributed by atoms with Crippen LogP contribution in [0.25, 0.3) is 0 Å². The number of likely N-dealkylation sites (N-methyl/N-ethyl adjacent to an activating group) is 1. The Morgan fingerprint density at radius 1 is 0.562 bits per heavy atom. The second kappa shape index (κ2) is 32.0. The van der Waals surface area contributed by atoms with Gasteiger partial charge in [-0.05, 0) is 12.8 Å². The van der Waals surface area contributed by atoms with Crippen molar-refractivity contribution in [1.29, 1.82) is 0 Å². The molecule has 10 heteroatoms. The van der Waals surface area contributed by atoms with Gasteiger partial charge in [-0.2, -0.15) is 0 Å². The first-order valence-electron chi connectivity index (χ1n) is 19.7. The van der Waals surface area contributed by atoms with E-state index in [4.69, 9.17) is 18.5 Å². The van der Waals surface area contributed by atoms with E-state index in [2.05, 4.69) is 13.8 Å². The SMILES string of the molecule is CCCCCCCCCCCCCCCC(=O)O[C@@H](COC(=O)CCCCCCCCCCCCC)COP(=O)([O-])OCC[N+](C)(C)C. The molecule has 0 amide bonds. The van der Waals surface area contributed by atoms with Crippen LogP contribution in [-0.2, 0) is 32.7 Å². The van der Waals surface area contributed by atoms with Crippen molar-refractivity contribution in [2.75, 3.05) is 47.5 Å². The molecule has 0 aromatic heterocycles. The van der Waals surface area contributed by atoms with Crippen LogP contribution in [0.4, 0.5) is 0 Å². The van der Waals surface area contributed by atoms with Gasteiger partial charge in [0.15, 0.2) is 6.10 Å². The topological polar surface area (TPSA) is 111 Å². The third-order valence-corrected chi connectivity index (χ3v) is 9.59. The van der Waals surface area contributed by atoms with E-state index in [0.717, 1.165) is 32.1 Å². The number of ether oxygens (including phenoxy) is 2. The number of quaternary nitrogens is 1. The van der Waals surface area contributed by atoms with E-state index in [1.54, 1.807) is 0 Å². The third-order valence-electron chi connectivity index (χ3n) is 8.63. The molecule has 0 saturated carbocycles. The Bertz CT molecular complexity index is 804. The molecule has 1 unspecified atom stereocenters. The van der Waals surface area contributed by atoms with Crippen molar-refractivity contribution in [2.24, 2.45) is 0 Å². The van der Waals surface area contributed by atoms with Crippen LogP contribution in [-0.4, -0.2) is 70.0 Å². The lowest BCUT2D eigenvalue weighted by Gasteiger charge is -2.28. The summed E-state index contributed by atoms with van der Waals surface area (Å²) in [6.07, 6.45) is 28.4. The minimum absolute atomic E-state index is 0.0261. The zero-order valence-corrected chi connectivity index (χ0v) is 32.8. The highest BCUT2D eigenvalue weighted by molar-refractivity contribution is 7.45. The molecule has 0 aromatic rings. The van der Waals surface area contributed by atoms with Gasteiger partial charge in [-0.3, -0.25) is 14.2 Å². The van der Waals surface area contributed by atoms with Gasteiger partial charge in [0.25, 0.3) is 7.82 Å². The fourth-order valence-electron chi connectivity index (χ4n) is 5.48. The summed E-state index contributed by atoms with van der Waals surface area (Å²) in [5.74, 6) is -0.826. The molecule has 0 aliphatic carbocycles. The number of phosphoric ester groups is 1. The summed E-state index contributed by atoms with van der Waals surface area (Å²) < 4.78 is 33.8. The molecule has 48 heavy (non-hydrogen) atoms. The number of unbranched alkanes of at least 4 members (excludes halogenated alkanes) is 22.